The van der Waals surface area contributed by atoms with Gasteiger partial charge in [-0.25, -0.2) is 9.78 Å². The summed E-state index contributed by atoms with van der Waals surface area (Å²) in [5.41, 5.74) is 2.32. The Balaban J connectivity index is 1.64. The average molecular weight is 442 g/mol. The van der Waals surface area contributed by atoms with E-state index >= 15 is 0 Å². The molecule has 0 saturated heterocycles. The third-order valence-electron chi connectivity index (χ3n) is 4.67. The lowest BCUT2D eigenvalue weighted by Gasteiger charge is -2.10. The molecule has 0 bridgehead atoms. The summed E-state index contributed by atoms with van der Waals surface area (Å²) in [6.07, 6.45) is 1.71. The van der Waals surface area contributed by atoms with E-state index < -0.39 is 5.97 Å². The minimum Gasteiger partial charge on any atom is -0.497 e. The summed E-state index contributed by atoms with van der Waals surface area (Å²) >= 11 is 1.45. The monoisotopic (exact) mass is 442 g/mol. The van der Waals surface area contributed by atoms with E-state index in [0.717, 1.165) is 10.2 Å². The number of fused-ring (bicyclic) bond motifs is 1. The summed E-state index contributed by atoms with van der Waals surface area (Å²) in [5, 5.41) is 10.3. The average Bonchev–Trinajstić information content (AvgIpc) is 3.27. The molecule has 32 heavy (non-hydrogen) atoms. The van der Waals surface area contributed by atoms with Gasteiger partial charge in [0.25, 0.3) is 0 Å². The van der Waals surface area contributed by atoms with Gasteiger partial charge in [-0.05, 0) is 60.2 Å². The van der Waals surface area contributed by atoms with Crippen LogP contribution in [0.4, 0.5) is 0 Å². The molecule has 0 spiro atoms. The van der Waals surface area contributed by atoms with Crippen LogP contribution >= 0.6 is 11.3 Å². The van der Waals surface area contributed by atoms with Crippen molar-refractivity contribution in [1.82, 2.24) is 4.98 Å². The number of rotatable bonds is 6. The largest absolute Gasteiger partial charge is 0.497 e. The topological polar surface area (TPSA) is 81.4 Å². The summed E-state index contributed by atoms with van der Waals surface area (Å²) in [6, 6.07) is 21.7. The van der Waals surface area contributed by atoms with Crippen molar-refractivity contribution < 1.29 is 19.0 Å². The van der Waals surface area contributed by atoms with Crippen LogP contribution in [0.1, 0.15) is 20.9 Å². The smallest absolute Gasteiger partial charge is 0.343 e. The fourth-order valence-corrected chi connectivity index (χ4v) is 3.98. The molecule has 0 saturated carbocycles. The number of carbonyl (C=O) groups excluding carboxylic acids is 1. The molecule has 0 radical (unpaired) electrons. The standard InChI is InChI=1S/C25H18N2O4S/c1-29-19-10-8-17(9-11-19)25(28)31-22-14-16(7-12-21(22)30-2)13-18(15-26)24-27-20-5-3-4-6-23(20)32-24/h3-14H,1-2H3/b18-13+. The summed E-state index contributed by atoms with van der Waals surface area (Å²) in [6.45, 7) is 0. The van der Waals surface area contributed by atoms with Crippen LogP contribution in [0, 0.1) is 11.3 Å². The molecule has 6 nitrogen and oxygen atoms in total. The quantitative estimate of drug-likeness (QED) is 0.220. The molecular formula is C25H18N2O4S. The van der Waals surface area contributed by atoms with Crippen LogP contribution in [-0.4, -0.2) is 25.2 Å². The molecule has 1 heterocycles. The predicted molar refractivity (Wildman–Crippen MR) is 124 cm³/mol. The van der Waals surface area contributed by atoms with Crippen LogP contribution in [0.5, 0.6) is 17.2 Å². The SMILES string of the molecule is COc1ccc(C(=O)Oc2cc(/C=C(\C#N)c3nc4ccccc4s3)ccc2OC)cc1. The van der Waals surface area contributed by atoms with Crippen LogP contribution in [0.15, 0.2) is 66.7 Å². The number of ether oxygens (including phenoxy) is 3. The van der Waals surface area contributed by atoms with E-state index in [-0.39, 0.29) is 5.75 Å². The Bertz CT molecular complexity index is 1320. The zero-order chi connectivity index (χ0) is 22.5. The normalized spacial score (nSPS) is 11.1. The lowest BCUT2D eigenvalue weighted by atomic mass is 10.1. The van der Waals surface area contributed by atoms with Crippen molar-refractivity contribution in [3.05, 3.63) is 82.9 Å². The molecule has 0 atom stereocenters. The van der Waals surface area contributed by atoms with Gasteiger partial charge in [-0.2, -0.15) is 5.26 Å². The number of thiazole rings is 1. The van der Waals surface area contributed by atoms with E-state index in [4.69, 9.17) is 14.2 Å². The number of benzene rings is 3. The minimum absolute atomic E-state index is 0.253. The van der Waals surface area contributed by atoms with Gasteiger partial charge in [0, 0.05) is 0 Å². The zero-order valence-electron chi connectivity index (χ0n) is 17.4. The number of para-hydroxylation sites is 1. The van der Waals surface area contributed by atoms with Crippen LogP contribution in [0.25, 0.3) is 21.9 Å². The highest BCUT2D eigenvalue weighted by molar-refractivity contribution is 7.19. The van der Waals surface area contributed by atoms with Crippen molar-refractivity contribution in [1.29, 1.82) is 5.26 Å². The Morgan fingerprint density at radius 2 is 1.78 bits per heavy atom. The minimum atomic E-state index is -0.529. The molecule has 0 amide bonds. The van der Waals surface area contributed by atoms with Gasteiger partial charge < -0.3 is 14.2 Å². The highest BCUT2D eigenvalue weighted by Crippen LogP contribution is 2.32. The van der Waals surface area contributed by atoms with Gasteiger partial charge in [-0.15, -0.1) is 11.3 Å². The first kappa shape index (κ1) is 21.1. The van der Waals surface area contributed by atoms with Crippen LogP contribution < -0.4 is 14.2 Å². The van der Waals surface area contributed by atoms with Gasteiger partial charge >= 0.3 is 5.97 Å². The summed E-state index contributed by atoms with van der Waals surface area (Å²) < 4.78 is 17.0. The first-order valence-corrected chi connectivity index (χ1v) is 10.4. The molecule has 0 aliphatic heterocycles. The van der Waals surface area contributed by atoms with Crippen LogP contribution in [0.3, 0.4) is 0 Å². The van der Waals surface area contributed by atoms with Gasteiger partial charge in [-0.3, -0.25) is 0 Å². The molecule has 4 aromatic rings. The number of carbonyl (C=O) groups is 1. The molecule has 0 fully saturated rings. The zero-order valence-corrected chi connectivity index (χ0v) is 18.2. The first-order valence-electron chi connectivity index (χ1n) is 9.63. The third kappa shape index (κ3) is 4.46. The summed E-state index contributed by atoms with van der Waals surface area (Å²) in [4.78, 5) is 17.1. The van der Waals surface area contributed by atoms with Gasteiger partial charge in [0.05, 0.1) is 35.6 Å². The van der Waals surface area contributed by atoms with E-state index in [2.05, 4.69) is 11.1 Å². The first-order chi connectivity index (χ1) is 15.6. The van der Waals surface area contributed by atoms with E-state index in [0.29, 0.717) is 33.2 Å². The highest BCUT2D eigenvalue weighted by atomic mass is 32.1. The fourth-order valence-electron chi connectivity index (χ4n) is 3.04. The van der Waals surface area contributed by atoms with Crippen molar-refractivity contribution in [3.63, 3.8) is 0 Å². The highest BCUT2D eigenvalue weighted by Gasteiger charge is 2.14. The maximum absolute atomic E-state index is 12.6. The number of hydrogen-bond acceptors (Lipinski definition) is 7. The number of esters is 1. The molecule has 3 aromatic carbocycles. The summed E-state index contributed by atoms with van der Waals surface area (Å²) in [5.74, 6) is 0.773. The van der Waals surface area contributed by atoms with Gasteiger partial charge in [0.15, 0.2) is 11.5 Å². The van der Waals surface area contributed by atoms with Gasteiger partial charge in [-0.1, -0.05) is 18.2 Å². The third-order valence-corrected chi connectivity index (χ3v) is 5.74. The Hall–Kier alpha value is -4.15. The summed E-state index contributed by atoms with van der Waals surface area (Å²) in [7, 11) is 3.05. The van der Waals surface area contributed by atoms with Crippen molar-refractivity contribution in [2.75, 3.05) is 14.2 Å². The Morgan fingerprint density at radius 1 is 1.00 bits per heavy atom. The van der Waals surface area contributed by atoms with Crippen molar-refractivity contribution >= 4 is 39.2 Å². The number of nitrogens with zero attached hydrogens (tertiary/aromatic N) is 2. The Kier molecular flexibility index (Phi) is 6.15. The molecule has 0 unspecified atom stereocenters. The number of nitriles is 1. The molecule has 0 aliphatic rings. The number of allylic oxidation sites excluding steroid dienone is 1. The molecular weight excluding hydrogens is 424 g/mol. The molecule has 4 rings (SSSR count). The van der Waals surface area contributed by atoms with E-state index in [1.807, 2.05) is 24.3 Å². The molecule has 1 aromatic heterocycles. The van der Waals surface area contributed by atoms with E-state index in [1.54, 1.807) is 55.7 Å². The lowest BCUT2D eigenvalue weighted by Crippen LogP contribution is -2.09. The van der Waals surface area contributed by atoms with Crippen molar-refractivity contribution in [3.8, 4) is 23.3 Å². The number of hydrogen-bond donors (Lipinski definition) is 0. The van der Waals surface area contributed by atoms with E-state index in [1.165, 1.54) is 18.4 Å². The second-order valence-electron chi connectivity index (χ2n) is 6.68. The van der Waals surface area contributed by atoms with Crippen LogP contribution in [-0.2, 0) is 0 Å². The second kappa shape index (κ2) is 9.33. The van der Waals surface area contributed by atoms with Crippen LogP contribution in [0.2, 0.25) is 0 Å². The second-order valence-corrected chi connectivity index (χ2v) is 7.72. The van der Waals surface area contributed by atoms with Crippen molar-refractivity contribution in [2.45, 2.75) is 0 Å². The van der Waals surface area contributed by atoms with Gasteiger partial charge in [0.1, 0.15) is 16.8 Å². The maximum atomic E-state index is 12.6. The molecule has 7 heteroatoms. The lowest BCUT2D eigenvalue weighted by molar-refractivity contribution is 0.0729. The molecule has 0 aliphatic carbocycles. The molecule has 158 valence electrons. The van der Waals surface area contributed by atoms with Crippen molar-refractivity contribution in [2.24, 2.45) is 0 Å². The van der Waals surface area contributed by atoms with Gasteiger partial charge in [0.2, 0.25) is 0 Å². The fraction of sp³-hybridized carbons (Fsp3) is 0.0800. The number of methoxy groups -OCH3 is 2. The number of aromatic nitrogens is 1. The molecule has 0 N–H and O–H groups in total. The maximum Gasteiger partial charge on any atom is 0.343 e. The predicted octanol–water partition coefficient (Wildman–Crippen LogP) is 5.60. The Labute approximate surface area is 188 Å². The Morgan fingerprint density at radius 3 is 2.47 bits per heavy atom. The van der Waals surface area contributed by atoms with E-state index in [9.17, 15) is 10.1 Å².